The van der Waals surface area contributed by atoms with Gasteiger partial charge in [-0.1, -0.05) is 0 Å². The van der Waals surface area contributed by atoms with Crippen LogP contribution in [0.25, 0.3) is 0 Å². The zero-order valence-electron chi connectivity index (χ0n) is 11.0. The molecule has 0 saturated carbocycles. The molecule has 1 aromatic rings. The van der Waals surface area contributed by atoms with Gasteiger partial charge in [0.1, 0.15) is 10.2 Å². The van der Waals surface area contributed by atoms with Crippen molar-refractivity contribution < 1.29 is 4.74 Å². The summed E-state index contributed by atoms with van der Waals surface area (Å²) in [6.07, 6.45) is 2.45. The van der Waals surface area contributed by atoms with Crippen LogP contribution in [0.3, 0.4) is 0 Å². The van der Waals surface area contributed by atoms with E-state index in [1.54, 1.807) is 0 Å². The Labute approximate surface area is 125 Å². The lowest BCUT2D eigenvalue weighted by molar-refractivity contribution is -0.0829. The Bertz CT molecular complexity index is 540. The van der Waals surface area contributed by atoms with Crippen molar-refractivity contribution in [1.82, 2.24) is 15.1 Å². The summed E-state index contributed by atoms with van der Waals surface area (Å²) in [5.41, 5.74) is -0.109. The largest absolute Gasteiger partial charge is 0.455 e. The fraction of sp³-hybridized carbons (Fsp3) is 0.615. The normalized spacial score (nSPS) is 35.0. The molecule has 3 fully saturated rings. The Morgan fingerprint density at radius 2 is 2.15 bits per heavy atom. The smallest absolute Gasteiger partial charge is 0.291 e. The predicted octanol–water partition coefficient (Wildman–Crippen LogP) is 1.50. The van der Waals surface area contributed by atoms with Gasteiger partial charge in [0.05, 0.1) is 6.54 Å². The average Bonchev–Trinajstić information content (AvgIpc) is 2.85. The number of hydrogen-bond donors (Lipinski definition) is 1. The molecule has 0 radical (unpaired) electrons. The third kappa shape index (κ3) is 2.09. The summed E-state index contributed by atoms with van der Waals surface area (Å²) in [4.78, 5) is 7.01. The first-order valence-corrected chi connectivity index (χ1v) is 7.75. The first-order chi connectivity index (χ1) is 9.73. The zero-order chi connectivity index (χ0) is 13.6. The number of hydrogen-bond acceptors (Lipinski definition) is 6. The van der Waals surface area contributed by atoms with Crippen molar-refractivity contribution in [3.63, 3.8) is 0 Å². The maximum absolute atomic E-state index is 6.18. The SMILES string of the molecule is Brc1ccc(NC2=NCC3(CN4CCC3CC4)O2)nn1. The molecule has 3 saturated heterocycles. The highest BCUT2D eigenvalue weighted by molar-refractivity contribution is 9.10. The van der Waals surface area contributed by atoms with Crippen LogP contribution < -0.4 is 5.32 Å². The predicted molar refractivity (Wildman–Crippen MR) is 78.6 cm³/mol. The Morgan fingerprint density at radius 3 is 2.80 bits per heavy atom. The molecule has 6 nitrogen and oxygen atoms in total. The number of fused-ring (bicyclic) bond motifs is 2. The summed E-state index contributed by atoms with van der Waals surface area (Å²) in [5, 5.41) is 11.1. The van der Waals surface area contributed by atoms with E-state index < -0.39 is 0 Å². The first kappa shape index (κ1) is 12.5. The van der Waals surface area contributed by atoms with Crippen molar-refractivity contribution in [2.75, 3.05) is 31.5 Å². The summed E-state index contributed by atoms with van der Waals surface area (Å²) in [7, 11) is 0. The highest BCUT2D eigenvalue weighted by atomic mass is 79.9. The minimum atomic E-state index is -0.109. The number of halogens is 1. The fourth-order valence-electron chi connectivity index (χ4n) is 3.44. The van der Waals surface area contributed by atoms with Gasteiger partial charge in [0.15, 0.2) is 5.82 Å². The van der Waals surface area contributed by atoms with E-state index in [2.05, 4.69) is 41.3 Å². The number of aliphatic imine (C=N–C) groups is 1. The maximum Gasteiger partial charge on any atom is 0.291 e. The minimum absolute atomic E-state index is 0.109. The van der Waals surface area contributed by atoms with Crippen molar-refractivity contribution in [1.29, 1.82) is 0 Å². The molecule has 1 atom stereocenters. The Hall–Kier alpha value is -1.21. The lowest BCUT2D eigenvalue weighted by Gasteiger charge is -2.50. The molecule has 1 aromatic heterocycles. The van der Waals surface area contributed by atoms with Crippen molar-refractivity contribution in [3.05, 3.63) is 16.7 Å². The quantitative estimate of drug-likeness (QED) is 0.841. The second kappa shape index (κ2) is 4.66. The second-order valence-corrected chi connectivity index (χ2v) is 6.52. The average molecular weight is 338 g/mol. The Morgan fingerprint density at radius 1 is 1.30 bits per heavy atom. The molecule has 2 bridgehead atoms. The van der Waals surface area contributed by atoms with Crippen LogP contribution in [0.5, 0.6) is 0 Å². The second-order valence-electron chi connectivity index (χ2n) is 5.70. The van der Waals surface area contributed by atoms with Crippen LogP contribution in [0.2, 0.25) is 0 Å². The van der Waals surface area contributed by atoms with E-state index in [0.29, 0.717) is 22.4 Å². The third-order valence-corrected chi connectivity index (χ3v) is 4.90. The van der Waals surface area contributed by atoms with Crippen LogP contribution in [0.1, 0.15) is 12.8 Å². The van der Waals surface area contributed by atoms with Crippen molar-refractivity contribution in [2.45, 2.75) is 18.4 Å². The molecule has 7 heteroatoms. The lowest BCUT2D eigenvalue weighted by atomic mass is 9.75. The molecule has 0 aliphatic carbocycles. The molecular weight excluding hydrogens is 322 g/mol. The topological polar surface area (TPSA) is 62.6 Å². The van der Waals surface area contributed by atoms with E-state index in [-0.39, 0.29) is 5.60 Å². The van der Waals surface area contributed by atoms with Crippen molar-refractivity contribution in [3.8, 4) is 0 Å². The molecule has 106 valence electrons. The van der Waals surface area contributed by atoms with Gasteiger partial charge in [-0.3, -0.25) is 10.2 Å². The van der Waals surface area contributed by atoms with Crippen molar-refractivity contribution >= 4 is 27.8 Å². The summed E-state index contributed by atoms with van der Waals surface area (Å²) in [5.74, 6) is 1.29. The summed E-state index contributed by atoms with van der Waals surface area (Å²) >= 11 is 3.27. The van der Waals surface area contributed by atoms with Gasteiger partial charge in [0, 0.05) is 12.5 Å². The third-order valence-electron chi connectivity index (χ3n) is 4.48. The summed E-state index contributed by atoms with van der Waals surface area (Å²) in [6, 6.07) is 4.27. The lowest BCUT2D eigenvalue weighted by Crippen LogP contribution is -2.61. The van der Waals surface area contributed by atoms with Crippen LogP contribution >= 0.6 is 15.9 Å². The van der Waals surface area contributed by atoms with Crippen LogP contribution in [0.4, 0.5) is 5.82 Å². The van der Waals surface area contributed by atoms with E-state index in [4.69, 9.17) is 4.74 Å². The zero-order valence-corrected chi connectivity index (χ0v) is 12.6. The first-order valence-electron chi connectivity index (χ1n) is 6.96. The van der Waals surface area contributed by atoms with Gasteiger partial charge in [-0.15, -0.1) is 10.2 Å². The number of nitrogens with zero attached hydrogens (tertiary/aromatic N) is 4. The standard InChI is InChI=1S/C13H16BrN5O/c14-10-1-2-11(18-17-10)16-12-15-7-13(20-12)8-19-5-3-9(13)4-6-19/h1-2,9H,3-8H2,(H,15,16,18). The summed E-state index contributed by atoms with van der Waals surface area (Å²) in [6.45, 7) is 4.16. The maximum atomic E-state index is 6.18. The Balaban J connectivity index is 1.46. The number of aromatic nitrogens is 2. The van der Waals surface area contributed by atoms with E-state index in [9.17, 15) is 0 Å². The number of piperidine rings is 3. The molecule has 1 unspecified atom stereocenters. The van der Waals surface area contributed by atoms with E-state index >= 15 is 0 Å². The van der Waals surface area contributed by atoms with Gasteiger partial charge in [-0.2, -0.15) is 0 Å². The van der Waals surface area contributed by atoms with Gasteiger partial charge in [0.2, 0.25) is 0 Å². The minimum Gasteiger partial charge on any atom is -0.455 e. The summed E-state index contributed by atoms with van der Waals surface area (Å²) < 4.78 is 6.89. The molecule has 4 aliphatic rings. The number of anilines is 1. The van der Waals surface area contributed by atoms with Crippen LogP contribution in [0, 0.1) is 5.92 Å². The molecule has 1 N–H and O–H groups in total. The van der Waals surface area contributed by atoms with Crippen molar-refractivity contribution in [2.24, 2.45) is 10.9 Å². The molecule has 0 amide bonds. The molecular formula is C13H16BrN5O. The highest BCUT2D eigenvalue weighted by Crippen LogP contribution is 2.40. The number of nitrogens with one attached hydrogen (secondary N) is 1. The van der Waals surface area contributed by atoms with E-state index in [0.717, 1.165) is 13.1 Å². The number of ether oxygens (including phenoxy) is 1. The molecule has 5 heterocycles. The highest BCUT2D eigenvalue weighted by Gasteiger charge is 2.51. The molecule has 20 heavy (non-hydrogen) atoms. The van der Waals surface area contributed by atoms with Crippen LogP contribution in [-0.4, -0.2) is 52.9 Å². The van der Waals surface area contributed by atoms with E-state index in [1.165, 1.54) is 25.9 Å². The van der Waals surface area contributed by atoms with E-state index in [1.807, 2.05) is 12.1 Å². The van der Waals surface area contributed by atoms with Gasteiger partial charge >= 0.3 is 0 Å². The van der Waals surface area contributed by atoms with Crippen LogP contribution in [0.15, 0.2) is 21.7 Å². The fourth-order valence-corrected chi connectivity index (χ4v) is 3.65. The molecule has 0 aromatic carbocycles. The molecule has 4 aliphatic heterocycles. The van der Waals surface area contributed by atoms with Gasteiger partial charge in [0.25, 0.3) is 6.02 Å². The molecule has 1 spiro atoms. The molecule has 5 rings (SSSR count). The Kier molecular flexibility index (Phi) is 2.92. The van der Waals surface area contributed by atoms with Gasteiger partial charge in [-0.05, 0) is 54.0 Å². The number of rotatable bonds is 1. The van der Waals surface area contributed by atoms with Gasteiger partial charge in [-0.25, -0.2) is 4.99 Å². The number of amidine groups is 1. The van der Waals surface area contributed by atoms with Crippen LogP contribution in [-0.2, 0) is 4.74 Å². The van der Waals surface area contributed by atoms with Gasteiger partial charge < -0.3 is 4.74 Å². The monoisotopic (exact) mass is 337 g/mol.